The van der Waals surface area contributed by atoms with Crippen molar-refractivity contribution in [2.75, 3.05) is 24.3 Å². The average molecular weight is 421 g/mol. The van der Waals surface area contributed by atoms with Gasteiger partial charge >= 0.3 is 0 Å². The average Bonchev–Trinajstić information content (AvgIpc) is 3.43. The van der Waals surface area contributed by atoms with Crippen molar-refractivity contribution in [1.82, 2.24) is 14.8 Å². The number of nitrogens with two attached hydrogens (primary N) is 1. The van der Waals surface area contributed by atoms with E-state index in [2.05, 4.69) is 15.4 Å². The third-order valence-electron chi connectivity index (χ3n) is 5.31. The number of hydrogen-bond acceptors (Lipinski definition) is 8. The molecule has 5 rings (SSSR count). The topological polar surface area (TPSA) is 114 Å². The molecule has 0 bridgehead atoms. The van der Waals surface area contributed by atoms with Crippen LogP contribution in [0.15, 0.2) is 42.5 Å². The highest BCUT2D eigenvalue weighted by Gasteiger charge is 2.20. The van der Waals surface area contributed by atoms with Gasteiger partial charge in [-0.25, -0.2) is 0 Å². The van der Waals surface area contributed by atoms with Gasteiger partial charge in [-0.2, -0.15) is 9.67 Å². The molecule has 0 atom stereocenters. The maximum absolute atomic E-state index is 13.0. The van der Waals surface area contributed by atoms with Gasteiger partial charge in [0.1, 0.15) is 19.0 Å². The summed E-state index contributed by atoms with van der Waals surface area (Å²) in [4.78, 5) is 17.1. The third kappa shape index (κ3) is 4.11. The number of nitrogen functional groups attached to an aromatic ring is 1. The molecular weight excluding hydrogens is 398 g/mol. The molecule has 0 amide bonds. The molecule has 1 fully saturated rings. The fourth-order valence-corrected chi connectivity index (χ4v) is 3.80. The van der Waals surface area contributed by atoms with Gasteiger partial charge in [0.25, 0.3) is 5.91 Å². The SMILES string of the molecule is Nc1nc(Nc2ccc3c(c2)OCCO3)nn1C(=O)c1cccc(OC2CCCC2)c1. The van der Waals surface area contributed by atoms with E-state index in [1.165, 1.54) is 12.8 Å². The van der Waals surface area contributed by atoms with Crippen LogP contribution in [0.1, 0.15) is 36.0 Å². The summed E-state index contributed by atoms with van der Waals surface area (Å²) in [6.45, 7) is 1.02. The molecule has 0 spiro atoms. The van der Waals surface area contributed by atoms with E-state index in [9.17, 15) is 4.79 Å². The zero-order chi connectivity index (χ0) is 21.2. The molecule has 2 aliphatic rings. The largest absolute Gasteiger partial charge is 0.490 e. The zero-order valence-corrected chi connectivity index (χ0v) is 16.9. The van der Waals surface area contributed by atoms with E-state index < -0.39 is 0 Å². The minimum Gasteiger partial charge on any atom is -0.490 e. The van der Waals surface area contributed by atoms with E-state index in [-0.39, 0.29) is 23.9 Å². The number of carbonyl (C=O) groups is 1. The summed E-state index contributed by atoms with van der Waals surface area (Å²) >= 11 is 0. The molecule has 3 aromatic rings. The second kappa shape index (κ2) is 8.17. The number of anilines is 3. The Labute approximate surface area is 179 Å². The molecule has 0 radical (unpaired) electrons. The fraction of sp³-hybridized carbons (Fsp3) is 0.318. The van der Waals surface area contributed by atoms with Crippen LogP contribution >= 0.6 is 0 Å². The van der Waals surface area contributed by atoms with E-state index in [0.717, 1.165) is 17.5 Å². The van der Waals surface area contributed by atoms with Crippen molar-refractivity contribution in [2.45, 2.75) is 31.8 Å². The molecule has 9 nitrogen and oxygen atoms in total. The monoisotopic (exact) mass is 421 g/mol. The highest BCUT2D eigenvalue weighted by atomic mass is 16.6. The van der Waals surface area contributed by atoms with E-state index in [4.69, 9.17) is 19.9 Å². The Morgan fingerprint density at radius 1 is 1.10 bits per heavy atom. The summed E-state index contributed by atoms with van der Waals surface area (Å²) in [6.07, 6.45) is 4.66. The quantitative estimate of drug-likeness (QED) is 0.645. The molecule has 31 heavy (non-hydrogen) atoms. The van der Waals surface area contributed by atoms with Gasteiger partial charge in [-0.15, -0.1) is 5.10 Å². The lowest BCUT2D eigenvalue weighted by molar-refractivity contribution is 0.0947. The van der Waals surface area contributed by atoms with Gasteiger partial charge in [0, 0.05) is 17.3 Å². The molecule has 1 aromatic heterocycles. The first kappa shape index (κ1) is 19.2. The van der Waals surface area contributed by atoms with Crippen LogP contribution in [0.4, 0.5) is 17.6 Å². The van der Waals surface area contributed by atoms with E-state index in [0.29, 0.717) is 41.7 Å². The number of nitrogens with zero attached hydrogens (tertiary/aromatic N) is 3. The van der Waals surface area contributed by atoms with Crippen LogP contribution in [0.25, 0.3) is 0 Å². The molecule has 2 aromatic carbocycles. The molecule has 1 aliphatic carbocycles. The summed E-state index contributed by atoms with van der Waals surface area (Å²) < 4.78 is 18.2. The van der Waals surface area contributed by atoms with Gasteiger partial charge in [0.2, 0.25) is 11.9 Å². The van der Waals surface area contributed by atoms with Crippen LogP contribution in [0.2, 0.25) is 0 Å². The second-order valence-corrected chi connectivity index (χ2v) is 7.55. The van der Waals surface area contributed by atoms with E-state index in [1.54, 1.807) is 30.3 Å². The summed E-state index contributed by atoms with van der Waals surface area (Å²) in [5.41, 5.74) is 7.09. The predicted molar refractivity (Wildman–Crippen MR) is 114 cm³/mol. The second-order valence-electron chi connectivity index (χ2n) is 7.55. The molecule has 0 unspecified atom stereocenters. The Morgan fingerprint density at radius 2 is 1.90 bits per heavy atom. The third-order valence-corrected chi connectivity index (χ3v) is 5.31. The van der Waals surface area contributed by atoms with Crippen molar-refractivity contribution in [3.8, 4) is 17.2 Å². The summed E-state index contributed by atoms with van der Waals surface area (Å²) in [7, 11) is 0. The Morgan fingerprint density at radius 3 is 2.74 bits per heavy atom. The van der Waals surface area contributed by atoms with E-state index >= 15 is 0 Å². The van der Waals surface area contributed by atoms with Crippen molar-refractivity contribution >= 4 is 23.5 Å². The van der Waals surface area contributed by atoms with Crippen LogP contribution in [-0.4, -0.2) is 40.0 Å². The van der Waals surface area contributed by atoms with Crippen molar-refractivity contribution in [3.05, 3.63) is 48.0 Å². The van der Waals surface area contributed by atoms with Gasteiger partial charge in [-0.3, -0.25) is 4.79 Å². The van der Waals surface area contributed by atoms with Crippen molar-refractivity contribution in [3.63, 3.8) is 0 Å². The van der Waals surface area contributed by atoms with Crippen molar-refractivity contribution < 1.29 is 19.0 Å². The first-order valence-corrected chi connectivity index (χ1v) is 10.4. The van der Waals surface area contributed by atoms with E-state index in [1.807, 2.05) is 12.1 Å². The first-order valence-electron chi connectivity index (χ1n) is 10.4. The minimum atomic E-state index is -0.378. The number of ether oxygens (including phenoxy) is 3. The van der Waals surface area contributed by atoms with Gasteiger partial charge in [-0.05, 0) is 56.0 Å². The molecule has 2 heterocycles. The number of benzene rings is 2. The van der Waals surface area contributed by atoms with Gasteiger partial charge < -0.3 is 25.3 Å². The number of aromatic nitrogens is 3. The first-order chi connectivity index (χ1) is 15.2. The lowest BCUT2D eigenvalue weighted by Gasteiger charge is -2.18. The van der Waals surface area contributed by atoms with Gasteiger partial charge in [-0.1, -0.05) is 6.07 Å². The summed E-state index contributed by atoms with van der Waals surface area (Å²) in [5, 5.41) is 7.28. The molecular formula is C22H23N5O4. The Balaban J connectivity index is 1.32. The maximum Gasteiger partial charge on any atom is 0.281 e. The predicted octanol–water partition coefficient (Wildman–Crippen LogP) is 3.39. The minimum absolute atomic E-state index is 0.00726. The number of hydrogen-bond donors (Lipinski definition) is 2. The lowest BCUT2D eigenvalue weighted by atomic mass is 10.2. The molecule has 3 N–H and O–H groups in total. The standard InChI is InChI=1S/C22H23N5O4/c23-21-25-22(24-15-8-9-18-19(13-15)30-11-10-29-18)26-27(21)20(28)14-4-3-7-17(12-14)31-16-5-1-2-6-16/h3-4,7-9,12-13,16H,1-2,5-6,10-11H2,(H3,23,24,25,26). The highest BCUT2D eigenvalue weighted by molar-refractivity contribution is 5.97. The lowest BCUT2D eigenvalue weighted by Crippen LogP contribution is -2.17. The Kier molecular flexibility index (Phi) is 5.07. The van der Waals surface area contributed by atoms with Crippen LogP contribution < -0.4 is 25.3 Å². The summed E-state index contributed by atoms with van der Waals surface area (Å²) in [5.74, 6) is 1.82. The molecule has 1 saturated carbocycles. The molecule has 9 heteroatoms. The number of carbonyl (C=O) groups excluding carboxylic acids is 1. The van der Waals surface area contributed by atoms with Crippen LogP contribution in [0.3, 0.4) is 0 Å². The normalized spacial score (nSPS) is 15.6. The van der Waals surface area contributed by atoms with Crippen LogP contribution in [-0.2, 0) is 0 Å². The maximum atomic E-state index is 13.0. The number of rotatable bonds is 5. The van der Waals surface area contributed by atoms with Crippen LogP contribution in [0.5, 0.6) is 17.2 Å². The van der Waals surface area contributed by atoms with Gasteiger partial charge in [0.15, 0.2) is 11.5 Å². The Bertz CT molecular complexity index is 1110. The summed E-state index contributed by atoms with van der Waals surface area (Å²) in [6, 6.07) is 12.5. The van der Waals surface area contributed by atoms with Crippen molar-refractivity contribution in [2.24, 2.45) is 0 Å². The fourth-order valence-electron chi connectivity index (χ4n) is 3.80. The molecule has 1 aliphatic heterocycles. The highest BCUT2D eigenvalue weighted by Crippen LogP contribution is 2.33. The number of fused-ring (bicyclic) bond motifs is 1. The molecule has 0 saturated heterocycles. The van der Waals surface area contributed by atoms with Crippen molar-refractivity contribution in [1.29, 1.82) is 0 Å². The van der Waals surface area contributed by atoms with Crippen LogP contribution in [0, 0.1) is 0 Å². The number of nitrogens with one attached hydrogen (secondary N) is 1. The molecule has 160 valence electrons. The smallest absolute Gasteiger partial charge is 0.281 e. The van der Waals surface area contributed by atoms with Gasteiger partial charge in [0.05, 0.1) is 6.10 Å². The zero-order valence-electron chi connectivity index (χ0n) is 16.9. The Hall–Kier alpha value is -3.75.